The van der Waals surface area contributed by atoms with Gasteiger partial charge in [-0.15, -0.1) is 0 Å². The summed E-state index contributed by atoms with van der Waals surface area (Å²) >= 11 is 0. The fourth-order valence-corrected chi connectivity index (χ4v) is 2.91. The van der Waals surface area contributed by atoms with Crippen LogP contribution in [0.1, 0.15) is 24.8 Å². The number of para-hydroxylation sites is 1. The number of hydrogen-bond acceptors (Lipinski definition) is 1. The molecule has 0 unspecified atom stereocenters. The van der Waals surface area contributed by atoms with Crippen LogP contribution in [0, 0.1) is 5.92 Å². The highest BCUT2D eigenvalue weighted by molar-refractivity contribution is 5.83. The number of rotatable bonds is 5. The summed E-state index contributed by atoms with van der Waals surface area (Å²) in [5.41, 5.74) is 2.67. The Labute approximate surface area is 114 Å². The highest BCUT2D eigenvalue weighted by Crippen LogP contribution is 2.18. The van der Waals surface area contributed by atoms with E-state index >= 15 is 0 Å². The molecule has 1 aliphatic rings. The van der Waals surface area contributed by atoms with Gasteiger partial charge in [-0.2, -0.15) is 0 Å². The maximum absolute atomic E-state index is 3.61. The van der Waals surface area contributed by atoms with Crippen LogP contribution in [0.4, 0.5) is 0 Å². The Morgan fingerprint density at radius 2 is 2.16 bits per heavy atom. The summed E-state index contributed by atoms with van der Waals surface area (Å²) < 4.78 is 0. The van der Waals surface area contributed by atoms with Crippen LogP contribution in [-0.4, -0.2) is 18.1 Å². The van der Waals surface area contributed by atoms with Crippen molar-refractivity contribution in [2.24, 2.45) is 5.92 Å². The van der Waals surface area contributed by atoms with Crippen molar-refractivity contribution in [2.45, 2.75) is 25.7 Å². The zero-order chi connectivity index (χ0) is 12.9. The Kier molecular flexibility index (Phi) is 3.99. The van der Waals surface area contributed by atoms with E-state index in [9.17, 15) is 0 Å². The third-order valence-corrected chi connectivity index (χ3v) is 4.06. The largest absolute Gasteiger partial charge is 0.361 e. The lowest BCUT2D eigenvalue weighted by molar-refractivity contribution is 0.443. The fraction of sp³-hybridized carbons (Fsp3) is 0.412. The lowest BCUT2D eigenvalue weighted by atomic mass is 9.94. The number of nitrogens with one attached hydrogen (secondary N) is 2. The van der Waals surface area contributed by atoms with Crippen LogP contribution in [0.15, 0.2) is 42.6 Å². The van der Waals surface area contributed by atoms with Gasteiger partial charge < -0.3 is 10.3 Å². The van der Waals surface area contributed by atoms with Gasteiger partial charge in [0, 0.05) is 17.1 Å². The van der Waals surface area contributed by atoms with E-state index in [4.69, 9.17) is 0 Å². The highest BCUT2D eigenvalue weighted by atomic mass is 14.9. The molecule has 0 saturated heterocycles. The van der Waals surface area contributed by atoms with Gasteiger partial charge in [0.05, 0.1) is 0 Å². The van der Waals surface area contributed by atoms with E-state index in [-0.39, 0.29) is 0 Å². The monoisotopic (exact) mass is 254 g/mol. The van der Waals surface area contributed by atoms with E-state index in [1.165, 1.54) is 35.7 Å². The Balaban J connectivity index is 1.48. The average molecular weight is 254 g/mol. The Morgan fingerprint density at radius 3 is 3.05 bits per heavy atom. The summed E-state index contributed by atoms with van der Waals surface area (Å²) in [7, 11) is 0. The van der Waals surface area contributed by atoms with Crippen molar-refractivity contribution in [3.63, 3.8) is 0 Å². The van der Waals surface area contributed by atoms with Crippen molar-refractivity contribution in [2.75, 3.05) is 13.1 Å². The van der Waals surface area contributed by atoms with Gasteiger partial charge in [0.1, 0.15) is 0 Å². The molecule has 0 aliphatic heterocycles. The van der Waals surface area contributed by atoms with Crippen molar-refractivity contribution >= 4 is 10.9 Å². The topological polar surface area (TPSA) is 27.8 Å². The number of benzene rings is 1. The smallest absolute Gasteiger partial charge is 0.0456 e. The minimum Gasteiger partial charge on any atom is -0.361 e. The van der Waals surface area contributed by atoms with Gasteiger partial charge in [0.15, 0.2) is 0 Å². The van der Waals surface area contributed by atoms with Crippen LogP contribution < -0.4 is 5.32 Å². The molecule has 3 rings (SSSR count). The number of aromatic amines is 1. The summed E-state index contributed by atoms with van der Waals surface area (Å²) in [4.78, 5) is 3.34. The molecule has 2 N–H and O–H groups in total. The lowest BCUT2D eigenvalue weighted by Gasteiger charge is -2.18. The third-order valence-electron chi connectivity index (χ3n) is 4.06. The molecule has 1 aromatic carbocycles. The molecular formula is C17H22N2. The van der Waals surface area contributed by atoms with Gasteiger partial charge in [0.25, 0.3) is 0 Å². The predicted octanol–water partition coefficient (Wildman–Crippen LogP) is 3.66. The summed E-state index contributed by atoms with van der Waals surface area (Å²) in [6.07, 6.45) is 11.7. The van der Waals surface area contributed by atoms with Crippen LogP contribution in [0.25, 0.3) is 10.9 Å². The number of H-pyrrole nitrogens is 1. The minimum atomic E-state index is 0.841. The standard InChI is InChI=1S/C17H22N2/c1-2-6-14(7-3-1)12-18-11-10-15-13-19-17-9-5-4-8-16(15)17/h1-2,4-5,8-9,13-14,18-19H,3,6-7,10-12H2/t14-/m0/s1. The molecule has 0 amide bonds. The summed E-state index contributed by atoms with van der Waals surface area (Å²) in [6, 6.07) is 8.53. The summed E-state index contributed by atoms with van der Waals surface area (Å²) in [5.74, 6) is 0.841. The van der Waals surface area contributed by atoms with Gasteiger partial charge >= 0.3 is 0 Å². The van der Waals surface area contributed by atoms with Crippen molar-refractivity contribution < 1.29 is 0 Å². The van der Waals surface area contributed by atoms with Crippen molar-refractivity contribution in [3.05, 3.63) is 48.2 Å². The van der Waals surface area contributed by atoms with E-state index in [0.29, 0.717) is 0 Å². The van der Waals surface area contributed by atoms with Crippen molar-refractivity contribution in [1.29, 1.82) is 0 Å². The predicted molar refractivity (Wildman–Crippen MR) is 81.4 cm³/mol. The van der Waals surface area contributed by atoms with Crippen molar-refractivity contribution in [1.82, 2.24) is 10.3 Å². The molecule has 1 atom stereocenters. The molecule has 0 radical (unpaired) electrons. The highest BCUT2D eigenvalue weighted by Gasteiger charge is 2.09. The average Bonchev–Trinajstić information content (AvgIpc) is 2.88. The fourth-order valence-electron chi connectivity index (χ4n) is 2.91. The molecule has 2 aromatic rings. The second kappa shape index (κ2) is 6.07. The third kappa shape index (κ3) is 3.07. The normalized spacial score (nSPS) is 19.1. The van der Waals surface area contributed by atoms with Gasteiger partial charge in [-0.05, 0) is 56.3 Å². The maximum Gasteiger partial charge on any atom is 0.0456 e. The second-order valence-corrected chi connectivity index (χ2v) is 5.46. The number of aromatic nitrogens is 1. The van der Waals surface area contributed by atoms with Gasteiger partial charge in [-0.1, -0.05) is 30.4 Å². The first-order valence-corrected chi connectivity index (χ1v) is 7.34. The minimum absolute atomic E-state index is 0.841. The molecule has 0 fully saturated rings. The van der Waals surface area contributed by atoms with Crippen LogP contribution >= 0.6 is 0 Å². The first kappa shape index (κ1) is 12.5. The molecule has 1 aliphatic carbocycles. The van der Waals surface area contributed by atoms with E-state index in [1.54, 1.807) is 0 Å². The first-order chi connectivity index (χ1) is 9.43. The van der Waals surface area contributed by atoms with Gasteiger partial charge in [0.2, 0.25) is 0 Å². The molecule has 1 aromatic heterocycles. The lowest BCUT2D eigenvalue weighted by Crippen LogP contribution is -2.25. The van der Waals surface area contributed by atoms with Gasteiger partial charge in [-0.25, -0.2) is 0 Å². The maximum atomic E-state index is 3.61. The molecule has 2 nitrogen and oxygen atoms in total. The van der Waals surface area contributed by atoms with E-state index < -0.39 is 0 Å². The SMILES string of the molecule is C1=CC[C@H](CNCCc2c[nH]c3ccccc23)CC1. The van der Waals surface area contributed by atoms with E-state index in [2.05, 4.69) is 52.9 Å². The van der Waals surface area contributed by atoms with Crippen LogP contribution in [0.2, 0.25) is 0 Å². The van der Waals surface area contributed by atoms with E-state index in [1.807, 2.05) is 0 Å². The molecule has 19 heavy (non-hydrogen) atoms. The molecule has 1 heterocycles. The zero-order valence-corrected chi connectivity index (χ0v) is 11.4. The molecule has 0 bridgehead atoms. The summed E-state index contributed by atoms with van der Waals surface area (Å²) in [6.45, 7) is 2.23. The first-order valence-electron chi connectivity index (χ1n) is 7.34. The molecular weight excluding hydrogens is 232 g/mol. The molecule has 2 heteroatoms. The quantitative estimate of drug-likeness (QED) is 0.618. The van der Waals surface area contributed by atoms with Crippen LogP contribution in [0.3, 0.4) is 0 Å². The number of allylic oxidation sites excluding steroid dienone is 2. The van der Waals surface area contributed by atoms with E-state index in [0.717, 1.165) is 25.4 Å². The Hall–Kier alpha value is -1.54. The Morgan fingerprint density at radius 1 is 1.21 bits per heavy atom. The van der Waals surface area contributed by atoms with Crippen LogP contribution in [-0.2, 0) is 6.42 Å². The number of hydrogen-bond donors (Lipinski definition) is 2. The Bertz CT molecular complexity index is 553. The second-order valence-electron chi connectivity index (χ2n) is 5.46. The number of fused-ring (bicyclic) bond motifs is 1. The zero-order valence-electron chi connectivity index (χ0n) is 11.4. The molecule has 100 valence electrons. The van der Waals surface area contributed by atoms with Crippen LogP contribution in [0.5, 0.6) is 0 Å². The summed E-state index contributed by atoms with van der Waals surface area (Å²) in [5, 5.41) is 4.98. The molecule has 0 spiro atoms. The molecule has 0 saturated carbocycles. The van der Waals surface area contributed by atoms with Gasteiger partial charge in [-0.3, -0.25) is 0 Å². The van der Waals surface area contributed by atoms with Crippen molar-refractivity contribution in [3.8, 4) is 0 Å².